The number of hydrogen-bond donors (Lipinski definition) is 12. The summed E-state index contributed by atoms with van der Waals surface area (Å²) in [7, 11) is 1.56. The molecule has 2 aromatic rings. The fourth-order valence-corrected chi connectivity index (χ4v) is 9.29. The molecule has 3 unspecified atom stereocenters. The zero-order valence-electron chi connectivity index (χ0n) is 47.9. The summed E-state index contributed by atoms with van der Waals surface area (Å²) in [5.41, 5.74) is 3.51. The van der Waals surface area contributed by atoms with E-state index in [1.54, 1.807) is 53.8 Å². The summed E-state index contributed by atoms with van der Waals surface area (Å²) in [5.74, 6) is -8.88. The summed E-state index contributed by atoms with van der Waals surface area (Å²) in [6.45, 7) is 17.5. The molecule has 0 bridgehead atoms. The third-order valence-electron chi connectivity index (χ3n) is 14.1. The fourth-order valence-electron chi connectivity index (χ4n) is 9.29. The van der Waals surface area contributed by atoms with Crippen LogP contribution in [0.2, 0.25) is 0 Å². The van der Waals surface area contributed by atoms with Gasteiger partial charge in [0.15, 0.2) is 0 Å². The molecule has 1 aliphatic rings. The third-order valence-corrected chi connectivity index (χ3v) is 14.1. The first-order chi connectivity index (χ1) is 38.1. The maximum Gasteiger partial charge on any atom is 0.305 e. The van der Waals surface area contributed by atoms with Crippen LogP contribution in [0.1, 0.15) is 123 Å². The number of unbranched alkanes of at least 4 members (excludes halogenated alkanes) is 2. The molecule has 81 heavy (non-hydrogen) atoms. The van der Waals surface area contributed by atoms with E-state index in [2.05, 4.69) is 55.7 Å². The van der Waals surface area contributed by atoms with Gasteiger partial charge in [0, 0.05) is 19.4 Å². The fraction of sp³-hybridized carbons (Fsp3) is 0.552. The Hall–Kier alpha value is -7.82. The standard InChI is InChI=1S/C58H86N10O13/c1-10-12-14-26-57(7,60-9)55(80)66-45(33-48(72)73)53(78)62-41(29-35(3)4)51(76)63-42(30-36(5)6)54(79)67-58(8,27-15-13-11-2)56(81)65-44(32-38-20-24-40(70)25-21-38)52(77)64-43(31-37-18-22-39(69)23-19-37)50(75)61-34-47(71)68-28-16-17-46(68)49(59)74/h10-11,18-25,35-36,41-46,60,69-70H,1-2,12-17,26-34H2,3-9H3,(H2,59,74)(H,61,75)(H,62,78)(H,63,76)(H,64,77)(H,65,81)(H,66,80)(H,67,79)(H,72,73)/t41-,42-,43-,44?,45-,46-,57?,58?/m0/s1. The Labute approximate surface area is 474 Å². The number of likely N-dealkylation sites (tertiary alicyclic amines) is 1. The van der Waals surface area contributed by atoms with Crippen molar-refractivity contribution in [2.75, 3.05) is 20.1 Å². The van der Waals surface area contributed by atoms with E-state index in [-0.39, 0.29) is 62.0 Å². The average molecular weight is 1130 g/mol. The van der Waals surface area contributed by atoms with Gasteiger partial charge in [0.05, 0.1) is 18.5 Å². The second-order valence-electron chi connectivity index (χ2n) is 22.0. The number of carbonyl (C=O) groups excluding carboxylic acids is 9. The molecule has 9 amide bonds. The molecule has 1 saturated heterocycles. The van der Waals surface area contributed by atoms with Crippen molar-refractivity contribution in [3.8, 4) is 11.5 Å². The van der Waals surface area contributed by atoms with Gasteiger partial charge in [-0.3, -0.25) is 47.9 Å². The molecule has 3 rings (SSSR count). The molecule has 8 atom stereocenters. The largest absolute Gasteiger partial charge is 0.508 e. The summed E-state index contributed by atoms with van der Waals surface area (Å²) >= 11 is 0. The summed E-state index contributed by atoms with van der Waals surface area (Å²) in [6.07, 6.45) is 5.38. The normalized spacial score (nSPS) is 16.4. The number of carboxylic acid groups (broad SMARTS) is 1. The summed E-state index contributed by atoms with van der Waals surface area (Å²) in [5, 5.41) is 51.6. The molecule has 13 N–H and O–H groups in total. The van der Waals surface area contributed by atoms with E-state index in [0.29, 0.717) is 56.1 Å². The van der Waals surface area contributed by atoms with Crippen LogP contribution in [0.25, 0.3) is 0 Å². The lowest BCUT2D eigenvalue weighted by Gasteiger charge is -2.34. The molecule has 446 valence electrons. The van der Waals surface area contributed by atoms with Gasteiger partial charge in [-0.25, -0.2) is 0 Å². The maximum absolute atomic E-state index is 14.9. The Morgan fingerprint density at radius 1 is 0.642 bits per heavy atom. The summed E-state index contributed by atoms with van der Waals surface area (Å²) in [6, 6.07) is 3.76. The molecule has 0 radical (unpaired) electrons. The van der Waals surface area contributed by atoms with Gasteiger partial charge in [0.25, 0.3) is 0 Å². The minimum atomic E-state index is -1.80. The number of nitrogens with two attached hydrogens (primary N) is 1. The maximum atomic E-state index is 14.9. The number of carboxylic acids is 1. The number of hydrogen-bond acceptors (Lipinski definition) is 13. The summed E-state index contributed by atoms with van der Waals surface area (Å²) < 4.78 is 0. The number of aliphatic carboxylic acids is 1. The number of likely N-dealkylation sites (N-methyl/N-ethyl adjacent to an activating group) is 1. The first-order valence-corrected chi connectivity index (χ1v) is 27.6. The van der Waals surface area contributed by atoms with Crippen LogP contribution in [0.3, 0.4) is 0 Å². The number of amides is 9. The van der Waals surface area contributed by atoms with E-state index in [1.165, 1.54) is 60.4 Å². The number of phenolic OH excluding ortho intramolecular Hbond substituents is 2. The van der Waals surface area contributed by atoms with Crippen molar-refractivity contribution in [3.63, 3.8) is 0 Å². The quantitative estimate of drug-likeness (QED) is 0.0347. The third kappa shape index (κ3) is 22.0. The number of phenols is 2. The molecule has 1 fully saturated rings. The highest BCUT2D eigenvalue weighted by atomic mass is 16.4. The van der Waals surface area contributed by atoms with Crippen LogP contribution in [-0.2, 0) is 60.8 Å². The molecule has 0 aliphatic carbocycles. The Balaban J connectivity index is 1.98. The topological polar surface area (TPSA) is 357 Å². The number of primary amides is 1. The van der Waals surface area contributed by atoms with Crippen LogP contribution in [0.15, 0.2) is 73.8 Å². The van der Waals surface area contributed by atoms with Gasteiger partial charge in [0.1, 0.15) is 53.3 Å². The minimum absolute atomic E-state index is 0.0103. The lowest BCUT2D eigenvalue weighted by molar-refractivity contribution is -0.142. The number of carbonyl (C=O) groups is 10. The van der Waals surface area contributed by atoms with Crippen LogP contribution in [0, 0.1) is 11.8 Å². The molecule has 1 heterocycles. The molecule has 2 aromatic carbocycles. The molecule has 1 aliphatic heterocycles. The number of allylic oxidation sites excluding steroid dienone is 2. The SMILES string of the molecule is C=CCCCC(C)(NC)C(=O)N[C@@H](CC(=O)O)C(=O)N[C@@H](CC(C)C)C(=O)N[C@@H](CC(C)C)C(=O)NC(C)(CCCC=C)C(=O)NC(Cc1ccc(O)cc1)C(=O)N[C@@H](Cc1ccc(O)cc1)C(=O)NCC(=O)N1CCC[C@H]1C(N)=O. The highest BCUT2D eigenvalue weighted by Crippen LogP contribution is 2.21. The number of nitrogens with one attached hydrogen (secondary N) is 8. The predicted octanol–water partition coefficient (Wildman–Crippen LogP) is 2.03. The second-order valence-corrected chi connectivity index (χ2v) is 22.0. The van der Waals surface area contributed by atoms with Crippen LogP contribution in [0.5, 0.6) is 11.5 Å². The van der Waals surface area contributed by atoms with Crippen molar-refractivity contribution in [1.82, 2.24) is 47.4 Å². The first kappa shape index (κ1) is 67.5. The Kier molecular flexibility index (Phi) is 27.0. The number of nitrogens with zero attached hydrogens (tertiary/aromatic N) is 1. The average Bonchev–Trinajstić information content (AvgIpc) is 3.92. The summed E-state index contributed by atoms with van der Waals surface area (Å²) in [4.78, 5) is 139. The second kappa shape index (κ2) is 32.4. The molecular weight excluding hydrogens is 1040 g/mol. The van der Waals surface area contributed by atoms with Crippen molar-refractivity contribution in [3.05, 3.63) is 85.0 Å². The zero-order valence-corrected chi connectivity index (χ0v) is 47.9. The van der Waals surface area contributed by atoms with Gasteiger partial charge < -0.3 is 68.5 Å². The van der Waals surface area contributed by atoms with E-state index >= 15 is 0 Å². The van der Waals surface area contributed by atoms with Crippen molar-refractivity contribution >= 4 is 59.1 Å². The molecular formula is C58H86N10O13. The predicted molar refractivity (Wildman–Crippen MR) is 303 cm³/mol. The smallest absolute Gasteiger partial charge is 0.305 e. The first-order valence-electron chi connectivity index (χ1n) is 27.6. The monoisotopic (exact) mass is 1130 g/mol. The number of benzene rings is 2. The Bertz CT molecular complexity index is 2520. The molecule has 23 nitrogen and oxygen atoms in total. The lowest BCUT2D eigenvalue weighted by Crippen LogP contribution is -2.64. The van der Waals surface area contributed by atoms with Gasteiger partial charge in [-0.05, 0) is 132 Å². The number of aromatic hydroxyl groups is 2. The van der Waals surface area contributed by atoms with Crippen molar-refractivity contribution in [2.24, 2.45) is 17.6 Å². The van der Waals surface area contributed by atoms with Crippen molar-refractivity contribution < 1.29 is 63.3 Å². The Morgan fingerprint density at radius 2 is 1.07 bits per heavy atom. The van der Waals surface area contributed by atoms with Gasteiger partial charge in [-0.2, -0.15) is 0 Å². The van der Waals surface area contributed by atoms with Crippen LogP contribution in [-0.4, -0.2) is 147 Å². The lowest BCUT2D eigenvalue weighted by atomic mass is 9.91. The zero-order chi connectivity index (χ0) is 60.6. The van der Waals surface area contributed by atoms with Gasteiger partial charge in [-0.15, -0.1) is 13.2 Å². The van der Waals surface area contributed by atoms with Crippen LogP contribution in [0.4, 0.5) is 0 Å². The number of rotatable bonds is 35. The van der Waals surface area contributed by atoms with Crippen LogP contribution < -0.4 is 48.3 Å². The van der Waals surface area contributed by atoms with E-state index < -0.39 is 119 Å². The van der Waals surface area contributed by atoms with Crippen molar-refractivity contribution in [1.29, 1.82) is 0 Å². The molecule has 23 heteroatoms. The highest BCUT2D eigenvalue weighted by molar-refractivity contribution is 6.00. The highest BCUT2D eigenvalue weighted by Gasteiger charge is 2.41. The van der Waals surface area contributed by atoms with Crippen molar-refractivity contribution in [2.45, 2.75) is 172 Å². The van der Waals surface area contributed by atoms with E-state index in [4.69, 9.17) is 5.73 Å². The van der Waals surface area contributed by atoms with Crippen LogP contribution >= 0.6 is 0 Å². The molecule has 0 saturated carbocycles. The van der Waals surface area contributed by atoms with Gasteiger partial charge in [-0.1, -0.05) is 64.1 Å². The van der Waals surface area contributed by atoms with E-state index in [0.717, 1.165) is 0 Å². The molecule has 0 aromatic heterocycles. The molecule has 0 spiro atoms. The van der Waals surface area contributed by atoms with Gasteiger partial charge >= 0.3 is 5.97 Å². The van der Waals surface area contributed by atoms with E-state index in [9.17, 15) is 63.3 Å². The minimum Gasteiger partial charge on any atom is -0.508 e. The van der Waals surface area contributed by atoms with E-state index in [1.807, 2.05) is 0 Å². The Morgan fingerprint density at radius 3 is 1.54 bits per heavy atom. The van der Waals surface area contributed by atoms with Gasteiger partial charge in [0.2, 0.25) is 53.2 Å².